The molecule has 0 aliphatic heterocycles. The molecule has 0 bridgehead atoms. The Balaban J connectivity index is 2.74. The molecule has 0 aliphatic carbocycles. The molecule has 6 heteroatoms. The van der Waals surface area contributed by atoms with Crippen LogP contribution >= 0.6 is 15.9 Å². The number of ether oxygens (including phenoxy) is 1. The van der Waals surface area contributed by atoms with Gasteiger partial charge in [-0.25, -0.2) is 9.97 Å². The van der Waals surface area contributed by atoms with Crippen LogP contribution in [0.2, 0.25) is 0 Å². The average molecular weight is 260 g/mol. The third kappa shape index (κ3) is 2.66. The van der Waals surface area contributed by atoms with E-state index in [1.807, 2.05) is 0 Å². The van der Waals surface area contributed by atoms with E-state index in [1.165, 1.54) is 13.4 Å². The van der Waals surface area contributed by atoms with Gasteiger partial charge in [0.05, 0.1) is 11.6 Å². The van der Waals surface area contributed by atoms with Gasteiger partial charge in [0.15, 0.2) is 0 Å². The molecule has 1 rings (SSSR count). The third-order valence-electron chi connectivity index (χ3n) is 1.60. The number of hydrogen-bond acceptors (Lipinski definition) is 5. The van der Waals surface area contributed by atoms with Crippen LogP contribution in [0.15, 0.2) is 17.0 Å². The minimum absolute atomic E-state index is 0.159. The molecule has 14 heavy (non-hydrogen) atoms. The van der Waals surface area contributed by atoms with Crippen molar-refractivity contribution in [3.8, 4) is 0 Å². The van der Waals surface area contributed by atoms with Crippen molar-refractivity contribution in [1.82, 2.24) is 9.97 Å². The van der Waals surface area contributed by atoms with E-state index >= 15 is 0 Å². The fourth-order valence-corrected chi connectivity index (χ4v) is 1.44. The fourth-order valence-electron chi connectivity index (χ4n) is 0.920. The van der Waals surface area contributed by atoms with Crippen molar-refractivity contribution in [2.75, 3.05) is 25.6 Å². The number of methoxy groups -OCH3 is 1. The van der Waals surface area contributed by atoms with Crippen LogP contribution in [0.4, 0.5) is 5.82 Å². The van der Waals surface area contributed by atoms with Crippen molar-refractivity contribution in [1.29, 1.82) is 0 Å². The number of likely N-dealkylation sites (N-methyl/N-ethyl adjacent to an activating group) is 1. The molecule has 0 spiro atoms. The first-order valence-corrected chi connectivity index (χ1v) is 4.68. The number of halogens is 1. The minimum Gasteiger partial charge on any atom is -0.468 e. The summed E-state index contributed by atoms with van der Waals surface area (Å²) in [5.74, 6) is 0.350. The average Bonchev–Trinajstić information content (AvgIpc) is 2.18. The molecule has 0 amide bonds. The molecule has 76 valence electrons. The predicted octanol–water partition coefficient (Wildman–Crippen LogP) is 0.848. The Bertz CT molecular complexity index is 332. The maximum Gasteiger partial charge on any atom is 0.325 e. The lowest BCUT2D eigenvalue weighted by Gasteiger charge is -2.16. The van der Waals surface area contributed by atoms with E-state index in [0.29, 0.717) is 5.82 Å². The lowest BCUT2D eigenvalue weighted by atomic mass is 10.5. The molecular formula is C8H10BrN3O2. The summed E-state index contributed by atoms with van der Waals surface area (Å²) in [5.41, 5.74) is 0. The van der Waals surface area contributed by atoms with E-state index in [-0.39, 0.29) is 12.5 Å². The highest BCUT2D eigenvalue weighted by atomic mass is 79.9. The van der Waals surface area contributed by atoms with E-state index in [2.05, 4.69) is 30.6 Å². The first-order chi connectivity index (χ1) is 6.65. The highest BCUT2D eigenvalue weighted by Gasteiger charge is 2.10. The Hall–Kier alpha value is -1.17. The second-order valence-corrected chi connectivity index (χ2v) is 3.48. The monoisotopic (exact) mass is 259 g/mol. The SMILES string of the molecule is COC(=O)CN(C)c1ncncc1Br. The van der Waals surface area contributed by atoms with Crippen molar-refractivity contribution >= 4 is 27.7 Å². The first kappa shape index (κ1) is 10.9. The van der Waals surface area contributed by atoms with Gasteiger partial charge in [-0.2, -0.15) is 0 Å². The molecule has 0 saturated carbocycles. The summed E-state index contributed by atoms with van der Waals surface area (Å²) >= 11 is 3.29. The second kappa shape index (κ2) is 4.90. The lowest BCUT2D eigenvalue weighted by Crippen LogP contribution is -2.27. The molecule has 0 atom stereocenters. The van der Waals surface area contributed by atoms with Gasteiger partial charge in [-0.3, -0.25) is 4.79 Å². The maximum atomic E-state index is 11.0. The summed E-state index contributed by atoms with van der Waals surface area (Å²) in [4.78, 5) is 20.5. The molecule has 0 N–H and O–H groups in total. The summed E-state index contributed by atoms with van der Waals surface area (Å²) in [6.45, 7) is 0.159. The van der Waals surface area contributed by atoms with Gasteiger partial charge in [-0.15, -0.1) is 0 Å². The minimum atomic E-state index is -0.307. The molecule has 0 aliphatic rings. The Morgan fingerprint density at radius 1 is 1.71 bits per heavy atom. The van der Waals surface area contributed by atoms with Crippen LogP contribution in [-0.4, -0.2) is 36.6 Å². The molecule has 5 nitrogen and oxygen atoms in total. The molecule has 0 saturated heterocycles. The van der Waals surface area contributed by atoms with Crippen LogP contribution in [0.25, 0.3) is 0 Å². The Kier molecular flexibility index (Phi) is 3.82. The maximum absolute atomic E-state index is 11.0. The number of anilines is 1. The van der Waals surface area contributed by atoms with E-state index in [4.69, 9.17) is 0 Å². The fraction of sp³-hybridized carbons (Fsp3) is 0.375. The van der Waals surface area contributed by atoms with Crippen LogP contribution in [0.3, 0.4) is 0 Å². The Morgan fingerprint density at radius 3 is 3.00 bits per heavy atom. The zero-order valence-electron chi connectivity index (χ0n) is 7.90. The van der Waals surface area contributed by atoms with E-state index < -0.39 is 0 Å². The van der Waals surface area contributed by atoms with Gasteiger partial charge in [0.25, 0.3) is 0 Å². The molecule has 1 aromatic heterocycles. The summed E-state index contributed by atoms with van der Waals surface area (Å²) in [6.07, 6.45) is 3.05. The highest BCUT2D eigenvalue weighted by molar-refractivity contribution is 9.10. The second-order valence-electron chi connectivity index (χ2n) is 2.63. The van der Waals surface area contributed by atoms with Gasteiger partial charge >= 0.3 is 5.97 Å². The number of esters is 1. The number of aromatic nitrogens is 2. The van der Waals surface area contributed by atoms with Crippen molar-refractivity contribution in [2.45, 2.75) is 0 Å². The van der Waals surface area contributed by atoms with Crippen molar-refractivity contribution < 1.29 is 9.53 Å². The van der Waals surface area contributed by atoms with Crippen LogP contribution < -0.4 is 4.90 Å². The van der Waals surface area contributed by atoms with Gasteiger partial charge < -0.3 is 9.64 Å². The molecule has 0 fully saturated rings. The van der Waals surface area contributed by atoms with Gasteiger partial charge in [0, 0.05) is 13.2 Å². The number of carbonyl (C=O) groups is 1. The number of hydrogen-bond donors (Lipinski definition) is 0. The molecule has 1 aromatic rings. The van der Waals surface area contributed by atoms with E-state index in [0.717, 1.165) is 4.47 Å². The van der Waals surface area contributed by atoms with Crippen molar-refractivity contribution in [3.05, 3.63) is 17.0 Å². The lowest BCUT2D eigenvalue weighted by molar-refractivity contribution is -0.138. The molecule has 0 radical (unpaired) electrons. The van der Waals surface area contributed by atoms with Crippen LogP contribution in [-0.2, 0) is 9.53 Å². The number of nitrogens with zero attached hydrogens (tertiary/aromatic N) is 3. The summed E-state index contributed by atoms with van der Waals surface area (Å²) in [5, 5.41) is 0. The van der Waals surface area contributed by atoms with Crippen molar-refractivity contribution in [2.24, 2.45) is 0 Å². The van der Waals surface area contributed by atoms with Gasteiger partial charge in [0.2, 0.25) is 0 Å². The number of rotatable bonds is 3. The standard InChI is InChI=1S/C8H10BrN3O2/c1-12(4-7(13)14-2)8-6(9)3-10-5-11-8/h3,5H,4H2,1-2H3. The quantitative estimate of drug-likeness (QED) is 0.754. The third-order valence-corrected chi connectivity index (χ3v) is 2.16. The topological polar surface area (TPSA) is 55.3 Å². The van der Waals surface area contributed by atoms with Crippen LogP contribution in [0, 0.1) is 0 Å². The van der Waals surface area contributed by atoms with E-state index in [1.54, 1.807) is 18.1 Å². The summed E-state index contributed by atoms with van der Waals surface area (Å²) in [7, 11) is 3.11. The normalized spacial score (nSPS) is 9.64. The van der Waals surface area contributed by atoms with E-state index in [9.17, 15) is 4.79 Å². The van der Waals surface area contributed by atoms with Gasteiger partial charge in [0.1, 0.15) is 18.7 Å². The van der Waals surface area contributed by atoms with Gasteiger partial charge in [-0.05, 0) is 15.9 Å². The van der Waals surface area contributed by atoms with Crippen LogP contribution in [0.5, 0.6) is 0 Å². The Morgan fingerprint density at radius 2 is 2.43 bits per heavy atom. The Labute approximate surface area is 90.2 Å². The van der Waals surface area contributed by atoms with Gasteiger partial charge in [-0.1, -0.05) is 0 Å². The molecule has 0 aromatic carbocycles. The first-order valence-electron chi connectivity index (χ1n) is 3.88. The zero-order valence-corrected chi connectivity index (χ0v) is 9.48. The molecular weight excluding hydrogens is 250 g/mol. The smallest absolute Gasteiger partial charge is 0.325 e. The van der Waals surface area contributed by atoms with Crippen molar-refractivity contribution in [3.63, 3.8) is 0 Å². The summed E-state index contributed by atoms with van der Waals surface area (Å²) < 4.78 is 5.28. The largest absolute Gasteiger partial charge is 0.468 e. The molecule has 1 heterocycles. The number of carbonyl (C=O) groups excluding carboxylic acids is 1. The van der Waals surface area contributed by atoms with Crippen LogP contribution in [0.1, 0.15) is 0 Å². The zero-order chi connectivity index (χ0) is 10.6. The summed E-state index contributed by atoms with van der Waals surface area (Å²) in [6, 6.07) is 0. The molecule has 0 unspecified atom stereocenters. The predicted molar refractivity (Wildman–Crippen MR) is 55.0 cm³/mol. The highest BCUT2D eigenvalue weighted by Crippen LogP contribution is 2.20.